The van der Waals surface area contributed by atoms with E-state index in [1.165, 1.54) is 32.4 Å². The van der Waals surface area contributed by atoms with Crippen LogP contribution >= 0.6 is 0 Å². The highest BCUT2D eigenvalue weighted by Gasteiger charge is 2.39. The minimum atomic E-state index is -4.01. The number of sulfonamides is 1. The second-order valence-corrected chi connectivity index (χ2v) is 8.78. The van der Waals surface area contributed by atoms with Crippen molar-refractivity contribution in [1.29, 1.82) is 0 Å². The van der Waals surface area contributed by atoms with E-state index in [9.17, 15) is 12.8 Å². The van der Waals surface area contributed by atoms with Gasteiger partial charge in [0, 0.05) is 23.6 Å². The standard InChI is InChI=1S/C23H21FN2O4S/c1-29-17-12-16(13-18(14-17)30-2)22-15-23(20-10-6-7-11-21(20)24)26(25-22)31(27,28)19-8-4-3-5-9-19/h3-14,23H,15H2,1-2H3. The first-order chi connectivity index (χ1) is 14.9. The van der Waals surface area contributed by atoms with E-state index < -0.39 is 21.9 Å². The number of methoxy groups -OCH3 is 2. The van der Waals surface area contributed by atoms with Gasteiger partial charge in [-0.1, -0.05) is 36.4 Å². The Balaban J connectivity index is 1.84. The molecule has 0 saturated carbocycles. The highest BCUT2D eigenvalue weighted by molar-refractivity contribution is 7.89. The Bertz CT molecular complexity index is 1210. The summed E-state index contributed by atoms with van der Waals surface area (Å²) in [4.78, 5) is 0.0876. The van der Waals surface area contributed by atoms with Crippen LogP contribution in [0.4, 0.5) is 4.39 Å². The van der Waals surface area contributed by atoms with Crippen molar-refractivity contribution < 1.29 is 22.3 Å². The summed E-state index contributed by atoms with van der Waals surface area (Å²) in [6.45, 7) is 0. The van der Waals surface area contributed by atoms with E-state index in [-0.39, 0.29) is 16.9 Å². The molecule has 160 valence electrons. The molecule has 0 fully saturated rings. The molecule has 0 aliphatic carbocycles. The molecule has 0 spiro atoms. The van der Waals surface area contributed by atoms with Crippen molar-refractivity contribution in [3.05, 3.63) is 89.7 Å². The van der Waals surface area contributed by atoms with E-state index in [0.717, 1.165) is 4.41 Å². The molecular formula is C23H21FN2O4S. The number of ether oxygens (including phenoxy) is 2. The highest BCUT2D eigenvalue weighted by atomic mass is 32.2. The molecule has 4 rings (SSSR count). The summed E-state index contributed by atoms with van der Waals surface area (Å²) in [5.74, 6) is 0.605. The molecule has 1 aliphatic rings. The molecule has 1 heterocycles. The zero-order valence-electron chi connectivity index (χ0n) is 17.0. The largest absolute Gasteiger partial charge is 0.497 e. The summed E-state index contributed by atoms with van der Waals surface area (Å²) in [5.41, 5.74) is 1.39. The Labute approximate surface area is 180 Å². The minimum Gasteiger partial charge on any atom is -0.497 e. The average Bonchev–Trinajstić information content (AvgIpc) is 3.26. The monoisotopic (exact) mass is 440 g/mol. The van der Waals surface area contributed by atoms with Crippen molar-refractivity contribution in [2.75, 3.05) is 14.2 Å². The SMILES string of the molecule is COc1cc(OC)cc(C2=NN(S(=O)(=O)c3ccccc3)C(c3ccccc3F)C2)c1. The Morgan fingerprint density at radius 1 is 0.935 bits per heavy atom. The summed E-state index contributed by atoms with van der Waals surface area (Å²) in [5, 5.41) is 4.44. The summed E-state index contributed by atoms with van der Waals surface area (Å²) in [6, 6.07) is 18.5. The third-order valence-corrected chi connectivity index (χ3v) is 6.81. The molecule has 0 bridgehead atoms. The number of benzene rings is 3. The van der Waals surface area contributed by atoms with Gasteiger partial charge in [0.2, 0.25) is 0 Å². The Morgan fingerprint density at radius 2 is 1.55 bits per heavy atom. The second kappa shape index (κ2) is 8.39. The van der Waals surface area contributed by atoms with Crippen molar-refractivity contribution >= 4 is 15.7 Å². The van der Waals surface area contributed by atoms with Gasteiger partial charge in [-0.25, -0.2) is 4.39 Å². The topological polar surface area (TPSA) is 68.2 Å². The maximum Gasteiger partial charge on any atom is 0.279 e. The smallest absolute Gasteiger partial charge is 0.279 e. The number of nitrogens with zero attached hydrogens (tertiary/aromatic N) is 2. The Morgan fingerprint density at radius 3 is 2.16 bits per heavy atom. The zero-order valence-corrected chi connectivity index (χ0v) is 17.8. The van der Waals surface area contributed by atoms with E-state index in [1.54, 1.807) is 54.6 Å². The first kappa shape index (κ1) is 20.9. The van der Waals surface area contributed by atoms with Crippen LogP contribution in [0.1, 0.15) is 23.6 Å². The summed E-state index contributed by atoms with van der Waals surface area (Å²) in [6.07, 6.45) is 0.198. The fourth-order valence-electron chi connectivity index (χ4n) is 3.54. The molecule has 0 N–H and O–H groups in total. The minimum absolute atomic E-state index is 0.0876. The number of hydrogen-bond acceptors (Lipinski definition) is 5. The molecule has 0 amide bonds. The molecule has 6 nitrogen and oxygen atoms in total. The van der Waals surface area contributed by atoms with Gasteiger partial charge in [-0.2, -0.15) is 17.9 Å². The lowest BCUT2D eigenvalue weighted by Gasteiger charge is -2.23. The fourth-order valence-corrected chi connectivity index (χ4v) is 4.98. The van der Waals surface area contributed by atoms with Crippen LogP contribution < -0.4 is 9.47 Å². The number of rotatable bonds is 6. The summed E-state index contributed by atoms with van der Waals surface area (Å²) < 4.78 is 53.1. The van der Waals surface area contributed by atoms with Gasteiger partial charge in [0.05, 0.1) is 30.9 Å². The molecule has 0 aromatic heterocycles. The van der Waals surface area contributed by atoms with Crippen LogP contribution in [0.15, 0.2) is 82.8 Å². The van der Waals surface area contributed by atoms with Crippen LogP contribution in [0, 0.1) is 5.82 Å². The van der Waals surface area contributed by atoms with Crippen LogP contribution in [0.25, 0.3) is 0 Å². The van der Waals surface area contributed by atoms with Gasteiger partial charge < -0.3 is 9.47 Å². The van der Waals surface area contributed by atoms with Crippen molar-refractivity contribution in [3.8, 4) is 11.5 Å². The van der Waals surface area contributed by atoms with Gasteiger partial charge in [0.1, 0.15) is 17.3 Å². The molecule has 3 aromatic carbocycles. The van der Waals surface area contributed by atoms with Crippen molar-refractivity contribution in [2.24, 2.45) is 5.10 Å². The third kappa shape index (κ3) is 3.98. The maximum atomic E-state index is 14.7. The van der Waals surface area contributed by atoms with Gasteiger partial charge in [0.15, 0.2) is 0 Å². The second-order valence-electron chi connectivity index (χ2n) is 6.98. The third-order valence-electron chi connectivity index (χ3n) is 5.11. The van der Waals surface area contributed by atoms with Crippen LogP contribution in [0.3, 0.4) is 0 Å². The lowest BCUT2D eigenvalue weighted by Crippen LogP contribution is -2.27. The van der Waals surface area contributed by atoms with E-state index in [4.69, 9.17) is 9.47 Å². The van der Waals surface area contributed by atoms with Crippen LogP contribution in [-0.4, -0.2) is 32.8 Å². The fraction of sp³-hybridized carbons (Fsp3) is 0.174. The molecule has 1 atom stereocenters. The molecule has 31 heavy (non-hydrogen) atoms. The molecular weight excluding hydrogens is 419 g/mol. The summed E-state index contributed by atoms with van der Waals surface area (Å²) >= 11 is 0. The molecule has 8 heteroatoms. The van der Waals surface area contributed by atoms with Crippen molar-refractivity contribution in [2.45, 2.75) is 17.4 Å². The zero-order chi connectivity index (χ0) is 22.0. The van der Waals surface area contributed by atoms with Crippen LogP contribution in [0.2, 0.25) is 0 Å². The number of hydrogen-bond donors (Lipinski definition) is 0. The normalized spacial score (nSPS) is 16.2. The van der Waals surface area contributed by atoms with Crippen molar-refractivity contribution in [1.82, 2.24) is 4.41 Å². The lowest BCUT2D eigenvalue weighted by atomic mass is 9.98. The maximum absolute atomic E-state index is 14.7. The van der Waals surface area contributed by atoms with E-state index in [2.05, 4.69) is 5.10 Å². The molecule has 0 saturated heterocycles. The Kier molecular flexibility index (Phi) is 5.65. The summed E-state index contributed by atoms with van der Waals surface area (Å²) in [7, 11) is -0.946. The van der Waals surface area contributed by atoms with Gasteiger partial charge in [-0.15, -0.1) is 0 Å². The molecule has 1 unspecified atom stereocenters. The van der Waals surface area contributed by atoms with Gasteiger partial charge in [-0.05, 0) is 30.3 Å². The number of halogens is 1. The van der Waals surface area contributed by atoms with Crippen molar-refractivity contribution in [3.63, 3.8) is 0 Å². The molecule has 3 aromatic rings. The van der Waals surface area contributed by atoms with E-state index in [0.29, 0.717) is 22.8 Å². The van der Waals surface area contributed by atoms with Crippen LogP contribution in [0.5, 0.6) is 11.5 Å². The van der Waals surface area contributed by atoms with Crippen LogP contribution in [-0.2, 0) is 10.0 Å². The first-order valence-corrected chi connectivity index (χ1v) is 11.0. The van der Waals surface area contributed by atoms with Gasteiger partial charge in [-0.3, -0.25) is 0 Å². The molecule has 0 radical (unpaired) electrons. The lowest BCUT2D eigenvalue weighted by molar-refractivity contribution is 0.362. The molecule has 1 aliphatic heterocycles. The Hall–Kier alpha value is -3.39. The van der Waals surface area contributed by atoms with Gasteiger partial charge in [0.25, 0.3) is 10.0 Å². The predicted octanol–water partition coefficient (Wildman–Crippen LogP) is 4.38. The van der Waals surface area contributed by atoms with E-state index >= 15 is 0 Å². The van der Waals surface area contributed by atoms with E-state index in [1.807, 2.05) is 0 Å². The quantitative estimate of drug-likeness (QED) is 0.570. The van der Waals surface area contributed by atoms with Gasteiger partial charge >= 0.3 is 0 Å². The predicted molar refractivity (Wildman–Crippen MR) is 115 cm³/mol. The highest BCUT2D eigenvalue weighted by Crippen LogP contribution is 2.39. The first-order valence-electron chi connectivity index (χ1n) is 9.59. The number of hydrazone groups is 1. The average molecular weight is 440 g/mol.